The van der Waals surface area contributed by atoms with Crippen molar-refractivity contribution in [1.29, 1.82) is 5.26 Å². The average molecular weight is 326 g/mol. The zero-order valence-corrected chi connectivity index (χ0v) is 12.7. The summed E-state index contributed by atoms with van der Waals surface area (Å²) < 4.78 is 1.02. The molecular formula is C13H16BrN3S. The summed E-state index contributed by atoms with van der Waals surface area (Å²) in [6.07, 6.45) is 5.03. The van der Waals surface area contributed by atoms with Gasteiger partial charge < -0.3 is 0 Å². The summed E-state index contributed by atoms with van der Waals surface area (Å²) in [5.74, 6) is 0.888. The van der Waals surface area contributed by atoms with Crippen molar-refractivity contribution in [1.82, 2.24) is 10.3 Å². The summed E-state index contributed by atoms with van der Waals surface area (Å²) in [4.78, 5) is 4.31. The Kier molecular flexibility index (Phi) is 4.66. The SMILES string of the molecule is CC(C#N)(CCSc1ncccc1Br)NC1CC1. The molecule has 0 saturated heterocycles. The van der Waals surface area contributed by atoms with Crippen LogP contribution in [0.4, 0.5) is 0 Å². The van der Waals surface area contributed by atoms with E-state index in [1.807, 2.05) is 19.1 Å². The summed E-state index contributed by atoms with van der Waals surface area (Å²) in [5, 5.41) is 13.7. The van der Waals surface area contributed by atoms with E-state index < -0.39 is 5.54 Å². The lowest BCUT2D eigenvalue weighted by Gasteiger charge is -2.22. The van der Waals surface area contributed by atoms with Gasteiger partial charge in [-0.05, 0) is 54.2 Å². The van der Waals surface area contributed by atoms with Crippen LogP contribution in [-0.2, 0) is 0 Å². The smallest absolute Gasteiger partial charge is 0.110 e. The van der Waals surface area contributed by atoms with Gasteiger partial charge in [-0.25, -0.2) is 4.98 Å². The van der Waals surface area contributed by atoms with Crippen molar-refractivity contribution in [3.8, 4) is 6.07 Å². The predicted molar refractivity (Wildman–Crippen MR) is 77.5 cm³/mol. The zero-order chi connectivity index (χ0) is 13.0. The van der Waals surface area contributed by atoms with Crippen molar-refractivity contribution < 1.29 is 0 Å². The molecule has 1 aromatic rings. The molecule has 1 fully saturated rings. The van der Waals surface area contributed by atoms with Gasteiger partial charge in [-0.2, -0.15) is 5.26 Å². The molecule has 1 heterocycles. The fraction of sp³-hybridized carbons (Fsp3) is 0.538. The molecule has 1 aliphatic carbocycles. The van der Waals surface area contributed by atoms with Gasteiger partial charge in [0.05, 0.1) is 6.07 Å². The van der Waals surface area contributed by atoms with Gasteiger partial charge in [-0.15, -0.1) is 11.8 Å². The maximum absolute atomic E-state index is 9.27. The van der Waals surface area contributed by atoms with Crippen molar-refractivity contribution >= 4 is 27.7 Å². The van der Waals surface area contributed by atoms with E-state index in [4.69, 9.17) is 0 Å². The normalized spacial score (nSPS) is 18.1. The first kappa shape index (κ1) is 13.9. The van der Waals surface area contributed by atoms with Crippen LogP contribution in [0.1, 0.15) is 26.2 Å². The largest absolute Gasteiger partial charge is 0.297 e. The monoisotopic (exact) mass is 325 g/mol. The van der Waals surface area contributed by atoms with Crippen LogP contribution >= 0.6 is 27.7 Å². The molecule has 0 spiro atoms. The highest BCUT2D eigenvalue weighted by atomic mass is 79.9. The van der Waals surface area contributed by atoms with E-state index >= 15 is 0 Å². The number of rotatable bonds is 6. The van der Waals surface area contributed by atoms with E-state index in [1.54, 1.807) is 18.0 Å². The van der Waals surface area contributed by atoms with E-state index in [9.17, 15) is 5.26 Å². The van der Waals surface area contributed by atoms with Crippen LogP contribution in [0.25, 0.3) is 0 Å². The number of hydrogen-bond donors (Lipinski definition) is 1. The highest BCUT2D eigenvalue weighted by Gasteiger charge is 2.32. The van der Waals surface area contributed by atoms with Crippen LogP contribution in [0.5, 0.6) is 0 Å². The van der Waals surface area contributed by atoms with Gasteiger partial charge in [0.2, 0.25) is 0 Å². The van der Waals surface area contributed by atoms with Gasteiger partial charge >= 0.3 is 0 Å². The molecule has 0 aromatic carbocycles. The lowest BCUT2D eigenvalue weighted by Crippen LogP contribution is -2.42. The molecule has 18 heavy (non-hydrogen) atoms. The van der Waals surface area contributed by atoms with Crippen LogP contribution in [0.2, 0.25) is 0 Å². The number of pyridine rings is 1. The second-order valence-electron chi connectivity index (χ2n) is 4.75. The van der Waals surface area contributed by atoms with Gasteiger partial charge in [-0.3, -0.25) is 5.32 Å². The molecule has 2 rings (SSSR count). The lowest BCUT2D eigenvalue weighted by atomic mass is 10.0. The molecule has 0 amide bonds. The van der Waals surface area contributed by atoms with Crippen molar-refractivity contribution in [2.75, 3.05) is 5.75 Å². The summed E-state index contributed by atoms with van der Waals surface area (Å²) >= 11 is 5.17. The van der Waals surface area contributed by atoms with Crippen molar-refractivity contribution in [3.63, 3.8) is 0 Å². The average Bonchev–Trinajstić information content (AvgIpc) is 3.15. The Balaban J connectivity index is 1.83. The third kappa shape index (κ3) is 3.98. The molecule has 1 unspecified atom stereocenters. The first-order valence-electron chi connectivity index (χ1n) is 6.05. The maximum atomic E-state index is 9.27. The number of thioether (sulfide) groups is 1. The van der Waals surface area contributed by atoms with Crippen molar-refractivity contribution in [2.24, 2.45) is 0 Å². The Labute approximate surface area is 120 Å². The van der Waals surface area contributed by atoms with E-state index in [2.05, 4.69) is 32.3 Å². The molecular weight excluding hydrogens is 310 g/mol. The maximum Gasteiger partial charge on any atom is 0.110 e. The van der Waals surface area contributed by atoms with E-state index in [-0.39, 0.29) is 0 Å². The number of nitriles is 1. The summed E-state index contributed by atoms with van der Waals surface area (Å²) in [5.41, 5.74) is -0.407. The van der Waals surface area contributed by atoms with Crippen LogP contribution in [0, 0.1) is 11.3 Å². The third-order valence-corrected chi connectivity index (χ3v) is 4.82. The van der Waals surface area contributed by atoms with Gasteiger partial charge in [0.1, 0.15) is 10.6 Å². The van der Waals surface area contributed by atoms with Crippen molar-refractivity contribution in [2.45, 2.75) is 42.8 Å². The minimum Gasteiger partial charge on any atom is -0.297 e. The molecule has 1 aromatic heterocycles. The molecule has 1 N–H and O–H groups in total. The van der Waals surface area contributed by atoms with Crippen molar-refractivity contribution in [3.05, 3.63) is 22.8 Å². The third-order valence-electron chi connectivity index (χ3n) is 2.91. The van der Waals surface area contributed by atoms with E-state index in [1.165, 1.54) is 12.8 Å². The van der Waals surface area contributed by atoms with E-state index in [0.29, 0.717) is 6.04 Å². The van der Waals surface area contributed by atoms with Gasteiger partial charge in [0.25, 0.3) is 0 Å². The molecule has 0 aliphatic heterocycles. The zero-order valence-electron chi connectivity index (χ0n) is 10.3. The number of aromatic nitrogens is 1. The molecule has 1 saturated carbocycles. The highest BCUT2D eigenvalue weighted by molar-refractivity contribution is 9.10. The van der Waals surface area contributed by atoms with Crippen LogP contribution in [-0.4, -0.2) is 22.3 Å². The minimum atomic E-state index is -0.407. The molecule has 0 radical (unpaired) electrons. The lowest BCUT2D eigenvalue weighted by molar-refractivity contribution is 0.433. The van der Waals surface area contributed by atoms with Crippen LogP contribution < -0.4 is 5.32 Å². The van der Waals surface area contributed by atoms with Gasteiger partial charge in [-0.1, -0.05) is 0 Å². The topological polar surface area (TPSA) is 48.7 Å². The Morgan fingerprint density at radius 1 is 1.67 bits per heavy atom. The fourth-order valence-electron chi connectivity index (χ4n) is 1.67. The quantitative estimate of drug-likeness (QED) is 0.815. The number of halogens is 1. The molecule has 1 aliphatic rings. The highest BCUT2D eigenvalue weighted by Crippen LogP contribution is 2.28. The molecule has 5 heteroatoms. The second-order valence-corrected chi connectivity index (χ2v) is 6.69. The second kappa shape index (κ2) is 6.05. The van der Waals surface area contributed by atoms with Gasteiger partial charge in [0, 0.05) is 22.5 Å². The number of nitrogens with one attached hydrogen (secondary N) is 1. The van der Waals surface area contributed by atoms with Gasteiger partial charge in [0.15, 0.2) is 0 Å². The Morgan fingerprint density at radius 2 is 2.44 bits per heavy atom. The Hall–Kier alpha value is -0.570. The van der Waals surface area contributed by atoms with Crippen LogP contribution in [0.3, 0.4) is 0 Å². The molecule has 1 atom stereocenters. The molecule has 0 bridgehead atoms. The molecule has 3 nitrogen and oxygen atoms in total. The fourth-order valence-corrected chi connectivity index (χ4v) is 3.31. The standard InChI is InChI=1S/C13H16BrN3S/c1-13(9-15,17-10-4-5-10)6-8-18-12-11(14)3-2-7-16-12/h2-3,7,10,17H,4-6,8H2,1H3. The summed E-state index contributed by atoms with van der Waals surface area (Å²) in [6, 6.07) is 6.84. The number of nitrogens with zero attached hydrogens (tertiary/aromatic N) is 2. The predicted octanol–water partition coefficient (Wildman–Crippen LogP) is 3.36. The summed E-state index contributed by atoms with van der Waals surface area (Å²) in [7, 11) is 0. The molecule has 96 valence electrons. The first-order valence-corrected chi connectivity index (χ1v) is 7.83. The minimum absolute atomic E-state index is 0.407. The first-order chi connectivity index (χ1) is 8.63. The Bertz CT molecular complexity index is 456. The number of hydrogen-bond acceptors (Lipinski definition) is 4. The Morgan fingerprint density at radius 3 is 3.06 bits per heavy atom. The van der Waals surface area contributed by atoms with E-state index in [0.717, 1.165) is 21.7 Å². The van der Waals surface area contributed by atoms with Crippen LogP contribution in [0.15, 0.2) is 27.8 Å². The summed E-state index contributed by atoms with van der Waals surface area (Å²) in [6.45, 7) is 1.99.